The zero-order valence-electron chi connectivity index (χ0n) is 6.18. The SMILES string of the molecule is Nc1ccccc1C(F)C(F)F. The Hall–Kier alpha value is -1.19. The molecule has 0 aromatic heterocycles. The third-order valence-corrected chi connectivity index (χ3v) is 1.51. The average Bonchev–Trinajstić information content (AvgIpc) is 2.04. The van der Waals surface area contributed by atoms with Crippen molar-refractivity contribution in [3.8, 4) is 0 Å². The lowest BCUT2D eigenvalue weighted by atomic mass is 10.1. The topological polar surface area (TPSA) is 26.0 Å². The molecule has 1 aromatic rings. The number of rotatable bonds is 2. The molecule has 0 saturated carbocycles. The van der Waals surface area contributed by atoms with Gasteiger partial charge in [-0.3, -0.25) is 0 Å². The number of hydrogen-bond donors (Lipinski definition) is 1. The smallest absolute Gasteiger partial charge is 0.273 e. The third-order valence-electron chi connectivity index (χ3n) is 1.51. The Bertz CT molecular complexity index is 262. The molecular formula is C8H8F3N. The quantitative estimate of drug-likeness (QED) is 0.687. The predicted molar refractivity (Wildman–Crippen MR) is 40.7 cm³/mol. The standard InChI is InChI=1S/C8H8F3N/c9-7(8(10)11)5-3-1-2-4-6(5)12/h1-4,7-8H,12H2. The molecule has 1 nitrogen and oxygen atoms in total. The van der Waals surface area contributed by atoms with Crippen molar-refractivity contribution in [2.24, 2.45) is 0 Å². The van der Waals surface area contributed by atoms with Gasteiger partial charge in [0.25, 0.3) is 6.43 Å². The lowest BCUT2D eigenvalue weighted by Crippen LogP contribution is -2.05. The fourth-order valence-electron chi connectivity index (χ4n) is 0.898. The van der Waals surface area contributed by atoms with E-state index in [1.807, 2.05) is 0 Å². The van der Waals surface area contributed by atoms with Crippen LogP contribution in [0.2, 0.25) is 0 Å². The molecule has 1 atom stereocenters. The second-order valence-corrected chi connectivity index (χ2v) is 2.37. The van der Waals surface area contributed by atoms with Crippen LogP contribution in [0, 0.1) is 0 Å². The highest BCUT2D eigenvalue weighted by Crippen LogP contribution is 2.28. The predicted octanol–water partition coefficient (Wildman–Crippen LogP) is 2.54. The first-order chi connectivity index (χ1) is 5.63. The minimum absolute atomic E-state index is 0.0605. The largest absolute Gasteiger partial charge is 0.398 e. The molecule has 0 amide bonds. The molecule has 66 valence electrons. The summed E-state index contributed by atoms with van der Waals surface area (Å²) in [5, 5.41) is 0. The molecule has 1 rings (SSSR count). The van der Waals surface area contributed by atoms with E-state index in [-0.39, 0.29) is 11.3 Å². The summed E-state index contributed by atoms with van der Waals surface area (Å²) in [6.45, 7) is 0. The summed E-state index contributed by atoms with van der Waals surface area (Å²) >= 11 is 0. The van der Waals surface area contributed by atoms with Crippen molar-refractivity contribution in [1.82, 2.24) is 0 Å². The van der Waals surface area contributed by atoms with Crippen LogP contribution >= 0.6 is 0 Å². The first kappa shape index (κ1) is 8.90. The molecule has 0 heterocycles. The number of alkyl halides is 3. The maximum Gasteiger partial charge on any atom is 0.273 e. The van der Waals surface area contributed by atoms with E-state index in [2.05, 4.69) is 0 Å². The number of nitrogens with two attached hydrogens (primary N) is 1. The minimum Gasteiger partial charge on any atom is -0.398 e. The van der Waals surface area contributed by atoms with Crippen molar-refractivity contribution in [2.45, 2.75) is 12.6 Å². The van der Waals surface area contributed by atoms with Crippen LogP contribution in [-0.4, -0.2) is 6.43 Å². The Morgan fingerprint density at radius 1 is 1.08 bits per heavy atom. The van der Waals surface area contributed by atoms with Gasteiger partial charge in [-0.1, -0.05) is 18.2 Å². The Morgan fingerprint density at radius 3 is 2.17 bits per heavy atom. The van der Waals surface area contributed by atoms with Gasteiger partial charge in [0.2, 0.25) is 0 Å². The lowest BCUT2D eigenvalue weighted by molar-refractivity contribution is 0.0499. The Morgan fingerprint density at radius 2 is 1.67 bits per heavy atom. The first-order valence-corrected chi connectivity index (χ1v) is 3.39. The molecule has 12 heavy (non-hydrogen) atoms. The van der Waals surface area contributed by atoms with Gasteiger partial charge in [-0.15, -0.1) is 0 Å². The van der Waals surface area contributed by atoms with Gasteiger partial charge in [0.1, 0.15) is 0 Å². The zero-order chi connectivity index (χ0) is 9.14. The van der Waals surface area contributed by atoms with Gasteiger partial charge in [0.15, 0.2) is 6.17 Å². The molecular weight excluding hydrogens is 167 g/mol. The highest BCUT2D eigenvalue weighted by molar-refractivity contribution is 5.47. The molecule has 0 radical (unpaired) electrons. The van der Waals surface area contributed by atoms with Crippen LogP contribution in [0.1, 0.15) is 11.7 Å². The normalized spacial score (nSPS) is 13.3. The lowest BCUT2D eigenvalue weighted by Gasteiger charge is -2.09. The van der Waals surface area contributed by atoms with Crippen molar-refractivity contribution in [3.63, 3.8) is 0 Å². The van der Waals surface area contributed by atoms with Gasteiger partial charge in [0.05, 0.1) is 0 Å². The number of halogens is 3. The molecule has 4 heteroatoms. The average molecular weight is 175 g/mol. The van der Waals surface area contributed by atoms with Gasteiger partial charge in [-0.05, 0) is 6.07 Å². The summed E-state index contributed by atoms with van der Waals surface area (Å²) in [7, 11) is 0. The maximum atomic E-state index is 12.7. The molecule has 0 fully saturated rings. The summed E-state index contributed by atoms with van der Waals surface area (Å²) in [5.74, 6) is 0. The van der Waals surface area contributed by atoms with E-state index in [9.17, 15) is 13.2 Å². The van der Waals surface area contributed by atoms with E-state index in [0.717, 1.165) is 0 Å². The number of hydrogen-bond acceptors (Lipinski definition) is 1. The van der Waals surface area contributed by atoms with Crippen molar-refractivity contribution in [3.05, 3.63) is 29.8 Å². The molecule has 0 aliphatic heterocycles. The summed E-state index contributed by atoms with van der Waals surface area (Å²) in [5.41, 5.74) is 5.20. The van der Waals surface area contributed by atoms with Gasteiger partial charge in [0, 0.05) is 11.3 Å². The van der Waals surface area contributed by atoms with Gasteiger partial charge in [-0.2, -0.15) is 0 Å². The van der Waals surface area contributed by atoms with E-state index >= 15 is 0 Å². The maximum absolute atomic E-state index is 12.7. The number of para-hydroxylation sites is 1. The Kier molecular flexibility index (Phi) is 2.58. The molecule has 0 spiro atoms. The summed E-state index contributed by atoms with van der Waals surface area (Å²) < 4.78 is 36.4. The summed E-state index contributed by atoms with van der Waals surface area (Å²) in [6.07, 6.45) is -5.30. The van der Waals surface area contributed by atoms with Crippen LogP contribution in [0.3, 0.4) is 0 Å². The van der Waals surface area contributed by atoms with E-state index in [1.54, 1.807) is 6.07 Å². The molecule has 0 saturated heterocycles. The fraction of sp³-hybridized carbons (Fsp3) is 0.250. The molecule has 1 unspecified atom stereocenters. The van der Waals surface area contributed by atoms with Crippen molar-refractivity contribution in [2.75, 3.05) is 5.73 Å². The van der Waals surface area contributed by atoms with Crippen molar-refractivity contribution < 1.29 is 13.2 Å². The number of anilines is 1. The zero-order valence-corrected chi connectivity index (χ0v) is 6.18. The summed E-state index contributed by atoms with van der Waals surface area (Å²) in [4.78, 5) is 0. The monoisotopic (exact) mass is 175 g/mol. The van der Waals surface area contributed by atoms with Gasteiger partial charge >= 0.3 is 0 Å². The fourth-order valence-corrected chi connectivity index (χ4v) is 0.898. The van der Waals surface area contributed by atoms with Crippen LogP contribution in [0.4, 0.5) is 18.9 Å². The first-order valence-electron chi connectivity index (χ1n) is 3.39. The van der Waals surface area contributed by atoms with Gasteiger partial charge < -0.3 is 5.73 Å². The van der Waals surface area contributed by atoms with Crippen LogP contribution in [-0.2, 0) is 0 Å². The Balaban J connectivity index is 2.94. The van der Waals surface area contributed by atoms with Crippen LogP contribution < -0.4 is 5.73 Å². The molecule has 0 bridgehead atoms. The third kappa shape index (κ3) is 1.69. The Labute approximate surface area is 68.0 Å². The highest BCUT2D eigenvalue weighted by Gasteiger charge is 2.22. The minimum atomic E-state index is -3.02. The molecule has 0 aliphatic carbocycles. The highest BCUT2D eigenvalue weighted by atomic mass is 19.3. The second-order valence-electron chi connectivity index (χ2n) is 2.37. The van der Waals surface area contributed by atoms with E-state index in [0.29, 0.717) is 0 Å². The van der Waals surface area contributed by atoms with Crippen molar-refractivity contribution in [1.29, 1.82) is 0 Å². The number of nitrogen functional groups attached to an aromatic ring is 1. The number of benzene rings is 1. The van der Waals surface area contributed by atoms with Crippen LogP contribution in [0.15, 0.2) is 24.3 Å². The van der Waals surface area contributed by atoms with Crippen LogP contribution in [0.25, 0.3) is 0 Å². The molecule has 1 aromatic carbocycles. The van der Waals surface area contributed by atoms with E-state index in [1.165, 1.54) is 18.2 Å². The second kappa shape index (κ2) is 3.47. The van der Waals surface area contributed by atoms with E-state index < -0.39 is 12.6 Å². The summed E-state index contributed by atoms with van der Waals surface area (Å²) in [6, 6.07) is 5.69. The molecule has 0 aliphatic rings. The van der Waals surface area contributed by atoms with E-state index in [4.69, 9.17) is 5.73 Å². The van der Waals surface area contributed by atoms with Crippen LogP contribution in [0.5, 0.6) is 0 Å². The van der Waals surface area contributed by atoms with Crippen molar-refractivity contribution >= 4 is 5.69 Å². The molecule has 2 N–H and O–H groups in total. The van der Waals surface area contributed by atoms with Gasteiger partial charge in [-0.25, -0.2) is 13.2 Å².